The molecule has 4 nitrogen and oxygen atoms in total. The fraction of sp³-hybridized carbons (Fsp3) is 0.174. The van der Waals surface area contributed by atoms with Crippen LogP contribution in [0.2, 0.25) is 0 Å². The number of hydrogen-bond acceptors (Lipinski definition) is 5. The van der Waals surface area contributed by atoms with E-state index in [9.17, 15) is 9.65 Å². The van der Waals surface area contributed by atoms with Crippen LogP contribution in [0.25, 0.3) is 22.2 Å². The maximum Gasteiger partial charge on any atom is 0.191 e. The van der Waals surface area contributed by atoms with Gasteiger partial charge in [0.05, 0.1) is 11.2 Å². The van der Waals surface area contributed by atoms with Crippen molar-refractivity contribution in [3.05, 3.63) is 68.9 Å². The second-order valence-corrected chi connectivity index (χ2v) is 9.15. The zero-order chi connectivity index (χ0) is 20.8. The van der Waals surface area contributed by atoms with Crippen molar-refractivity contribution in [1.82, 2.24) is 9.97 Å². The van der Waals surface area contributed by atoms with Crippen molar-refractivity contribution in [2.45, 2.75) is 19.3 Å². The molecule has 2 aromatic heterocycles. The minimum Gasteiger partial charge on any atom is -0.320 e. The third-order valence-electron chi connectivity index (χ3n) is 5.40. The summed E-state index contributed by atoms with van der Waals surface area (Å²) in [6.45, 7) is 0. The van der Waals surface area contributed by atoms with Crippen molar-refractivity contribution in [1.29, 1.82) is 5.26 Å². The molecule has 0 fully saturated rings. The summed E-state index contributed by atoms with van der Waals surface area (Å²) < 4.78 is 14.3. The van der Waals surface area contributed by atoms with Gasteiger partial charge in [-0.3, -0.25) is 4.98 Å². The Kier molecular flexibility index (Phi) is 4.76. The maximum atomic E-state index is 13.3. The summed E-state index contributed by atoms with van der Waals surface area (Å²) >= 11 is 4.93. The van der Waals surface area contributed by atoms with Crippen molar-refractivity contribution in [2.75, 3.05) is 11.9 Å². The summed E-state index contributed by atoms with van der Waals surface area (Å²) in [5.41, 5.74) is 5.76. The van der Waals surface area contributed by atoms with Crippen LogP contribution in [0, 0.1) is 17.1 Å². The molecule has 0 spiro atoms. The van der Waals surface area contributed by atoms with Crippen LogP contribution in [0.15, 0.2) is 46.9 Å². The second kappa shape index (κ2) is 7.46. The number of fused-ring (bicyclic) bond motifs is 2. The topological polar surface area (TPSA) is 52.8 Å². The highest BCUT2D eigenvalue weighted by molar-refractivity contribution is 9.10. The van der Waals surface area contributed by atoms with E-state index in [2.05, 4.69) is 33.0 Å². The molecule has 1 aliphatic carbocycles. The number of anilines is 2. The van der Waals surface area contributed by atoms with E-state index < -0.39 is 0 Å². The molecule has 5 rings (SSSR count). The molecule has 2 heterocycles. The number of aryl methyl sites for hydroxylation is 1. The Morgan fingerprint density at radius 2 is 1.93 bits per heavy atom. The van der Waals surface area contributed by atoms with Crippen LogP contribution in [0.3, 0.4) is 0 Å². The molecule has 0 amide bonds. The summed E-state index contributed by atoms with van der Waals surface area (Å²) in [5.74, 6) is -0.311. The van der Waals surface area contributed by atoms with Crippen LogP contribution in [0.5, 0.6) is 0 Å². The normalized spacial score (nSPS) is 12.7. The van der Waals surface area contributed by atoms with E-state index in [1.807, 2.05) is 19.2 Å². The van der Waals surface area contributed by atoms with Gasteiger partial charge in [-0.15, -0.1) is 0 Å². The van der Waals surface area contributed by atoms with Crippen molar-refractivity contribution in [2.24, 2.45) is 0 Å². The van der Waals surface area contributed by atoms with Gasteiger partial charge in [-0.2, -0.15) is 5.26 Å². The first-order valence-electron chi connectivity index (χ1n) is 9.57. The lowest BCUT2D eigenvalue weighted by atomic mass is 10.1. The minimum atomic E-state index is -0.311. The van der Waals surface area contributed by atoms with Crippen molar-refractivity contribution in [3.8, 4) is 17.3 Å². The van der Waals surface area contributed by atoms with Crippen molar-refractivity contribution < 1.29 is 4.39 Å². The molecule has 0 radical (unpaired) electrons. The Labute approximate surface area is 185 Å². The summed E-state index contributed by atoms with van der Waals surface area (Å²) in [5, 5.41) is 11.5. The van der Waals surface area contributed by atoms with Gasteiger partial charge in [0.15, 0.2) is 5.13 Å². The Balaban J connectivity index is 1.68. The SMILES string of the molecule is CN(c1nc(-c2ccc(F)cc2)c(C#N)s1)c1c2c(nc3ccc(Br)cc13)CCC2. The van der Waals surface area contributed by atoms with Gasteiger partial charge in [-0.1, -0.05) is 27.3 Å². The summed E-state index contributed by atoms with van der Waals surface area (Å²) in [6, 6.07) is 14.5. The second-order valence-electron chi connectivity index (χ2n) is 7.25. The molecule has 0 unspecified atom stereocenters. The third-order valence-corrected chi connectivity index (χ3v) is 6.93. The molecule has 0 atom stereocenters. The Morgan fingerprint density at radius 1 is 1.13 bits per heavy atom. The molecule has 0 N–H and O–H groups in total. The standard InChI is InChI=1S/C23H16BrFN4S/c1-29(23-28-21(20(12-26)30-23)13-5-8-15(25)9-6-13)22-16-3-2-4-18(16)27-19-10-7-14(24)11-17(19)22/h5-11H,2-4H2,1H3. The largest absolute Gasteiger partial charge is 0.320 e. The smallest absolute Gasteiger partial charge is 0.191 e. The van der Waals surface area contributed by atoms with Gasteiger partial charge in [-0.05, 0) is 67.3 Å². The van der Waals surface area contributed by atoms with Gasteiger partial charge in [0, 0.05) is 28.2 Å². The minimum absolute atomic E-state index is 0.311. The van der Waals surface area contributed by atoms with Crippen molar-refractivity contribution in [3.63, 3.8) is 0 Å². The zero-order valence-corrected chi connectivity index (χ0v) is 18.5. The third kappa shape index (κ3) is 3.17. The summed E-state index contributed by atoms with van der Waals surface area (Å²) in [7, 11) is 1.99. The number of aromatic nitrogens is 2. The Hall–Kier alpha value is -2.82. The number of hydrogen-bond donors (Lipinski definition) is 0. The van der Waals surface area contributed by atoms with E-state index in [0.717, 1.165) is 56.7 Å². The Morgan fingerprint density at radius 3 is 2.70 bits per heavy atom. The molecule has 148 valence electrons. The van der Waals surface area contributed by atoms with Crippen LogP contribution in [-0.2, 0) is 12.8 Å². The quantitative estimate of drug-likeness (QED) is 0.342. The molecule has 0 saturated heterocycles. The molecule has 0 saturated carbocycles. The molecule has 4 aromatic rings. The van der Waals surface area contributed by atoms with E-state index in [1.165, 1.54) is 29.0 Å². The van der Waals surface area contributed by atoms with Gasteiger partial charge in [-0.25, -0.2) is 9.37 Å². The predicted molar refractivity (Wildman–Crippen MR) is 122 cm³/mol. The molecule has 2 aromatic carbocycles. The van der Waals surface area contributed by atoms with Crippen LogP contribution in [0.1, 0.15) is 22.6 Å². The summed E-state index contributed by atoms with van der Waals surface area (Å²) in [6.07, 6.45) is 3.04. The maximum absolute atomic E-state index is 13.3. The fourth-order valence-corrected chi connectivity index (χ4v) is 5.23. The van der Waals surface area contributed by atoms with Crippen LogP contribution < -0.4 is 4.90 Å². The fourth-order valence-electron chi connectivity index (χ4n) is 4.02. The van der Waals surface area contributed by atoms with Crippen molar-refractivity contribution >= 4 is 49.0 Å². The van der Waals surface area contributed by atoms with Crippen LogP contribution in [-0.4, -0.2) is 17.0 Å². The number of nitrogens with zero attached hydrogens (tertiary/aromatic N) is 4. The van der Waals surface area contributed by atoms with E-state index in [4.69, 9.17) is 9.97 Å². The highest BCUT2D eigenvalue weighted by Gasteiger charge is 2.25. The number of pyridine rings is 1. The number of benzene rings is 2. The molecule has 30 heavy (non-hydrogen) atoms. The Bertz CT molecular complexity index is 1320. The highest BCUT2D eigenvalue weighted by Crippen LogP contribution is 2.42. The van der Waals surface area contributed by atoms with Gasteiger partial charge in [0.2, 0.25) is 0 Å². The van der Waals surface area contributed by atoms with Gasteiger partial charge < -0.3 is 4.90 Å². The van der Waals surface area contributed by atoms with E-state index >= 15 is 0 Å². The molecule has 0 aliphatic heterocycles. The van der Waals surface area contributed by atoms with Gasteiger partial charge in [0.1, 0.15) is 22.5 Å². The van der Waals surface area contributed by atoms with Crippen LogP contribution >= 0.6 is 27.3 Å². The molecule has 7 heteroatoms. The highest BCUT2D eigenvalue weighted by atomic mass is 79.9. The molecular formula is C23H16BrFN4S. The van der Waals surface area contributed by atoms with E-state index in [0.29, 0.717) is 10.6 Å². The monoisotopic (exact) mass is 478 g/mol. The van der Waals surface area contributed by atoms with Gasteiger partial charge in [0.25, 0.3) is 0 Å². The lowest BCUT2D eigenvalue weighted by Crippen LogP contribution is -2.13. The molecular weight excluding hydrogens is 463 g/mol. The number of halogens is 2. The summed E-state index contributed by atoms with van der Waals surface area (Å²) in [4.78, 5) is 12.2. The number of thiazole rings is 1. The molecule has 1 aliphatic rings. The lowest BCUT2D eigenvalue weighted by Gasteiger charge is -2.22. The first-order valence-corrected chi connectivity index (χ1v) is 11.2. The lowest BCUT2D eigenvalue weighted by molar-refractivity contribution is 0.628. The first-order chi connectivity index (χ1) is 14.5. The van der Waals surface area contributed by atoms with Gasteiger partial charge >= 0.3 is 0 Å². The predicted octanol–water partition coefficient (Wildman–Crippen LogP) is 6.39. The number of rotatable bonds is 3. The average molecular weight is 479 g/mol. The molecule has 0 bridgehead atoms. The first kappa shape index (κ1) is 19.2. The van der Waals surface area contributed by atoms with E-state index in [-0.39, 0.29) is 5.82 Å². The van der Waals surface area contributed by atoms with E-state index in [1.54, 1.807) is 12.1 Å². The zero-order valence-electron chi connectivity index (χ0n) is 16.1. The number of nitriles is 1. The van der Waals surface area contributed by atoms with Crippen LogP contribution in [0.4, 0.5) is 15.2 Å². The average Bonchev–Trinajstić information content (AvgIpc) is 3.39.